The summed E-state index contributed by atoms with van der Waals surface area (Å²) in [5.74, 6) is -0.101. The monoisotopic (exact) mass is 524 g/mol. The number of carbonyl (C=O) groups is 2. The molecular weight excluding hydrogens is 496 g/mol. The van der Waals surface area contributed by atoms with Crippen molar-refractivity contribution in [3.63, 3.8) is 0 Å². The molecule has 11 heteroatoms. The zero-order valence-corrected chi connectivity index (χ0v) is 21.6. The molecule has 0 saturated heterocycles. The average molecular weight is 525 g/mol. The van der Waals surface area contributed by atoms with Crippen LogP contribution in [0.1, 0.15) is 35.4 Å². The van der Waals surface area contributed by atoms with Crippen molar-refractivity contribution < 1.29 is 14.3 Å². The lowest BCUT2D eigenvalue weighted by atomic mass is 10.1. The van der Waals surface area contributed by atoms with Crippen molar-refractivity contribution in [2.24, 2.45) is 5.10 Å². The summed E-state index contributed by atoms with van der Waals surface area (Å²) in [6, 6.07) is 19.2. The molecule has 9 nitrogen and oxygen atoms in total. The van der Waals surface area contributed by atoms with Crippen LogP contribution in [0.3, 0.4) is 0 Å². The lowest BCUT2D eigenvalue weighted by Gasteiger charge is -2.18. The standard InChI is InChI=1S/C25H28N6O3S2/c1-31-24(27-25(33)34-17-19-12-6-3-7-13-19)36-22(30-31)15-9-8-14-21-28-29-23(35-21)26-20(32)16-18-10-4-2-5-11-18/h2-7,10-13,24H,8-9,14-17H2,1H3,(H,27,33)(H,26,29,32). The van der Waals surface area contributed by atoms with Crippen molar-refractivity contribution in [1.82, 2.24) is 20.5 Å². The summed E-state index contributed by atoms with van der Waals surface area (Å²) in [4.78, 5) is 24.3. The van der Waals surface area contributed by atoms with Gasteiger partial charge in [0.25, 0.3) is 0 Å². The Morgan fingerprint density at radius 2 is 1.67 bits per heavy atom. The molecule has 2 amide bonds. The lowest BCUT2D eigenvalue weighted by Crippen LogP contribution is -2.39. The third-order valence-electron chi connectivity index (χ3n) is 5.26. The van der Waals surface area contributed by atoms with E-state index in [0.717, 1.165) is 46.9 Å². The highest BCUT2D eigenvalue weighted by Gasteiger charge is 2.26. The fourth-order valence-electron chi connectivity index (χ4n) is 3.46. The number of aromatic nitrogens is 2. The molecule has 2 heterocycles. The number of anilines is 1. The maximum absolute atomic E-state index is 12.2. The van der Waals surface area contributed by atoms with Crippen molar-refractivity contribution in [1.29, 1.82) is 0 Å². The fourth-order valence-corrected chi connectivity index (χ4v) is 5.31. The predicted octanol–water partition coefficient (Wildman–Crippen LogP) is 4.63. The van der Waals surface area contributed by atoms with Crippen molar-refractivity contribution >= 4 is 45.3 Å². The van der Waals surface area contributed by atoms with Gasteiger partial charge >= 0.3 is 6.09 Å². The van der Waals surface area contributed by atoms with Crippen LogP contribution < -0.4 is 10.6 Å². The number of benzene rings is 2. The molecule has 0 fully saturated rings. The first-order valence-electron chi connectivity index (χ1n) is 11.7. The number of ether oxygens (including phenoxy) is 1. The van der Waals surface area contributed by atoms with Crippen molar-refractivity contribution in [3.05, 3.63) is 76.8 Å². The second-order valence-corrected chi connectivity index (χ2v) is 10.4. The van der Waals surface area contributed by atoms with Crippen LogP contribution >= 0.6 is 23.1 Å². The van der Waals surface area contributed by atoms with Gasteiger partial charge in [-0.25, -0.2) is 4.79 Å². The number of nitrogens with zero attached hydrogens (tertiary/aromatic N) is 4. The molecule has 0 bridgehead atoms. The first-order valence-corrected chi connectivity index (χ1v) is 13.3. The number of alkyl carbamates (subject to hydrolysis) is 1. The largest absolute Gasteiger partial charge is 0.445 e. The first-order chi connectivity index (χ1) is 17.5. The van der Waals surface area contributed by atoms with Gasteiger partial charge in [-0.2, -0.15) is 5.10 Å². The Morgan fingerprint density at radius 3 is 2.42 bits per heavy atom. The van der Waals surface area contributed by atoms with Crippen LogP contribution in [0.25, 0.3) is 0 Å². The van der Waals surface area contributed by atoms with Gasteiger partial charge in [0.05, 0.1) is 11.5 Å². The van der Waals surface area contributed by atoms with Crippen LogP contribution in [0.2, 0.25) is 0 Å². The van der Waals surface area contributed by atoms with E-state index in [1.807, 2.05) is 67.7 Å². The maximum Gasteiger partial charge on any atom is 0.409 e. The molecule has 1 unspecified atom stereocenters. The molecule has 1 aliphatic rings. The number of unbranched alkanes of at least 4 members (excludes halogenated alkanes) is 1. The Morgan fingerprint density at radius 1 is 0.972 bits per heavy atom. The summed E-state index contributed by atoms with van der Waals surface area (Å²) in [5, 5.41) is 22.6. The number of rotatable bonds is 11. The summed E-state index contributed by atoms with van der Waals surface area (Å²) < 4.78 is 5.30. The van der Waals surface area contributed by atoms with Crippen molar-refractivity contribution in [2.75, 3.05) is 12.4 Å². The van der Waals surface area contributed by atoms with E-state index in [9.17, 15) is 9.59 Å². The minimum Gasteiger partial charge on any atom is -0.445 e. The van der Waals surface area contributed by atoms with Crippen LogP contribution in [-0.4, -0.2) is 44.8 Å². The number of aryl methyl sites for hydroxylation is 1. The Hall–Kier alpha value is -3.44. The number of amides is 2. The van der Waals surface area contributed by atoms with Crippen LogP contribution in [0, 0.1) is 0 Å². The van der Waals surface area contributed by atoms with E-state index < -0.39 is 6.09 Å². The molecule has 0 aliphatic carbocycles. The van der Waals surface area contributed by atoms with Gasteiger partial charge in [0.2, 0.25) is 11.0 Å². The molecular formula is C25H28N6O3S2. The van der Waals surface area contributed by atoms with Crippen LogP contribution in [0.15, 0.2) is 65.8 Å². The molecule has 0 radical (unpaired) electrons. The first kappa shape index (κ1) is 25.6. The van der Waals surface area contributed by atoms with E-state index in [-0.39, 0.29) is 18.0 Å². The normalized spacial score (nSPS) is 14.9. The lowest BCUT2D eigenvalue weighted by molar-refractivity contribution is -0.115. The van der Waals surface area contributed by atoms with Gasteiger partial charge in [-0.3, -0.25) is 15.1 Å². The summed E-state index contributed by atoms with van der Waals surface area (Å²) >= 11 is 2.92. The van der Waals surface area contributed by atoms with E-state index >= 15 is 0 Å². The zero-order valence-electron chi connectivity index (χ0n) is 19.9. The average Bonchev–Trinajstić information content (AvgIpc) is 3.47. The molecule has 188 valence electrons. The molecule has 2 aromatic carbocycles. The molecule has 4 rings (SSSR count). The fraction of sp³-hybridized carbons (Fsp3) is 0.320. The topological polar surface area (TPSA) is 109 Å². The zero-order chi connectivity index (χ0) is 25.2. The molecule has 1 aromatic heterocycles. The third-order valence-corrected chi connectivity index (χ3v) is 7.36. The third kappa shape index (κ3) is 8.06. The minimum atomic E-state index is -0.470. The number of carbonyl (C=O) groups excluding carboxylic acids is 2. The number of hydrogen-bond donors (Lipinski definition) is 2. The van der Waals surface area contributed by atoms with Gasteiger partial charge in [0.1, 0.15) is 11.6 Å². The van der Waals surface area contributed by atoms with Crippen molar-refractivity contribution in [3.8, 4) is 0 Å². The van der Waals surface area contributed by atoms with E-state index in [1.54, 1.807) is 5.01 Å². The van der Waals surface area contributed by atoms with Gasteiger partial charge in [-0.15, -0.1) is 10.2 Å². The maximum atomic E-state index is 12.2. The van der Waals surface area contributed by atoms with E-state index in [1.165, 1.54) is 23.1 Å². The summed E-state index contributed by atoms with van der Waals surface area (Å²) in [6.07, 6.45) is 3.29. The highest BCUT2D eigenvalue weighted by Crippen LogP contribution is 2.26. The Balaban J connectivity index is 1.11. The Labute approximate surface area is 218 Å². The van der Waals surface area contributed by atoms with Crippen LogP contribution in [-0.2, 0) is 29.0 Å². The molecule has 36 heavy (non-hydrogen) atoms. The van der Waals surface area contributed by atoms with Crippen LogP contribution in [0.4, 0.5) is 9.93 Å². The van der Waals surface area contributed by atoms with Gasteiger partial charge in [-0.05, 0) is 30.4 Å². The molecule has 2 N–H and O–H groups in total. The Kier molecular flexibility index (Phi) is 9.28. The predicted molar refractivity (Wildman–Crippen MR) is 143 cm³/mol. The highest BCUT2D eigenvalue weighted by molar-refractivity contribution is 8.14. The second-order valence-electron chi connectivity index (χ2n) is 8.16. The van der Waals surface area contributed by atoms with Gasteiger partial charge in [-0.1, -0.05) is 83.8 Å². The molecule has 0 saturated carbocycles. The highest BCUT2D eigenvalue weighted by atomic mass is 32.2. The second kappa shape index (κ2) is 13.0. The molecule has 1 aliphatic heterocycles. The molecule has 3 aromatic rings. The number of hydrazone groups is 1. The molecule has 0 spiro atoms. The number of nitrogens with one attached hydrogen (secondary N) is 2. The summed E-state index contributed by atoms with van der Waals surface area (Å²) in [6.45, 7) is 0.228. The number of hydrogen-bond acceptors (Lipinski definition) is 9. The van der Waals surface area contributed by atoms with E-state index in [4.69, 9.17) is 4.74 Å². The quantitative estimate of drug-likeness (QED) is 0.352. The minimum absolute atomic E-state index is 0.101. The van der Waals surface area contributed by atoms with Crippen LogP contribution in [0.5, 0.6) is 0 Å². The molecule has 1 atom stereocenters. The van der Waals surface area contributed by atoms with Gasteiger partial charge < -0.3 is 10.1 Å². The van der Waals surface area contributed by atoms with E-state index in [0.29, 0.717) is 11.6 Å². The summed E-state index contributed by atoms with van der Waals surface area (Å²) in [5.41, 5.74) is 1.61. The van der Waals surface area contributed by atoms with Gasteiger partial charge in [0, 0.05) is 13.5 Å². The Bertz CT molecular complexity index is 1170. The van der Waals surface area contributed by atoms with E-state index in [2.05, 4.69) is 25.9 Å². The smallest absolute Gasteiger partial charge is 0.409 e. The van der Waals surface area contributed by atoms with Gasteiger partial charge in [0.15, 0.2) is 5.50 Å². The SMILES string of the molecule is CN1N=C(CCCCc2nnc(NC(=O)Cc3ccccc3)s2)SC1NC(=O)OCc1ccccc1. The van der Waals surface area contributed by atoms with Crippen molar-refractivity contribution in [2.45, 2.75) is 44.2 Å². The summed E-state index contributed by atoms with van der Waals surface area (Å²) in [7, 11) is 1.83. The number of thioether (sulfide) groups is 1.